The normalized spacial score (nSPS) is 14.2. The van der Waals surface area contributed by atoms with Crippen LogP contribution in [-0.4, -0.2) is 15.0 Å². The van der Waals surface area contributed by atoms with E-state index >= 15 is 0 Å². The van der Waals surface area contributed by atoms with E-state index in [1.54, 1.807) is 0 Å². The molecule has 0 bridgehead atoms. The lowest BCUT2D eigenvalue weighted by atomic mass is 9.91. The second-order valence-corrected chi connectivity index (χ2v) is 13.6. The highest BCUT2D eigenvalue weighted by Gasteiger charge is 2.25. The maximum atomic E-state index is 6.21. The summed E-state index contributed by atoms with van der Waals surface area (Å²) in [5.41, 5.74) is 8.05. The van der Waals surface area contributed by atoms with Crippen LogP contribution in [0.2, 0.25) is 0 Å². The van der Waals surface area contributed by atoms with E-state index in [2.05, 4.69) is 127 Å². The maximum Gasteiger partial charge on any atom is 0.163 e. The van der Waals surface area contributed by atoms with Gasteiger partial charge >= 0.3 is 0 Å². The van der Waals surface area contributed by atoms with Gasteiger partial charge in [-0.25, -0.2) is 15.0 Å². The van der Waals surface area contributed by atoms with Crippen LogP contribution in [-0.2, 0) is 6.42 Å². The quantitative estimate of drug-likeness (QED) is 0.187. The number of allylic oxidation sites excluding steroid dienone is 1. The molecule has 1 atom stereocenters. The van der Waals surface area contributed by atoms with Gasteiger partial charge in [0.2, 0.25) is 0 Å². The highest BCUT2D eigenvalue weighted by Crippen LogP contribution is 2.39. The second-order valence-electron chi connectivity index (χ2n) is 13.6. The van der Waals surface area contributed by atoms with E-state index in [4.69, 9.17) is 23.8 Å². The van der Waals surface area contributed by atoms with Crippen molar-refractivity contribution in [3.05, 3.63) is 169 Å². The monoisotopic (exact) mass is 667 g/mol. The standard InChI is InChI=1S/C47H29N3O2/c1-2-9-30-24-32(20-17-28(30)8-1)45-48-46(50-47(49-45)34-22-23-42-39(27-34)37-10-3-5-13-40(37)51-42)33-21-18-29-16-19-31(25-35(29)26-33)36-12-7-15-43-44(36)38-11-4-6-14-41(38)52-43/h1-26,34H,27H2. The van der Waals surface area contributed by atoms with Crippen LogP contribution in [0.25, 0.3) is 94.4 Å². The van der Waals surface area contributed by atoms with Crippen molar-refractivity contribution in [2.75, 3.05) is 0 Å². The number of rotatable bonds is 4. The van der Waals surface area contributed by atoms with Gasteiger partial charge in [-0.3, -0.25) is 0 Å². The molecule has 3 heterocycles. The van der Waals surface area contributed by atoms with Crippen molar-refractivity contribution in [1.29, 1.82) is 0 Å². The molecule has 7 aromatic carbocycles. The summed E-state index contributed by atoms with van der Waals surface area (Å²) in [5, 5.41) is 7.98. The molecule has 0 radical (unpaired) electrons. The van der Waals surface area contributed by atoms with Crippen molar-refractivity contribution < 1.29 is 8.83 Å². The number of fused-ring (bicyclic) bond motifs is 8. The molecule has 52 heavy (non-hydrogen) atoms. The summed E-state index contributed by atoms with van der Waals surface area (Å²) in [6, 6.07) is 50.7. The van der Waals surface area contributed by atoms with Gasteiger partial charge in [0.25, 0.3) is 0 Å². The Bertz CT molecular complexity index is 3080. The molecule has 11 rings (SSSR count). The number of hydrogen-bond acceptors (Lipinski definition) is 5. The highest BCUT2D eigenvalue weighted by molar-refractivity contribution is 6.13. The Hall–Kier alpha value is -6.85. The first-order valence-corrected chi connectivity index (χ1v) is 17.6. The lowest BCUT2D eigenvalue weighted by Gasteiger charge is -2.17. The molecule has 0 saturated heterocycles. The van der Waals surface area contributed by atoms with Crippen LogP contribution in [0.1, 0.15) is 23.1 Å². The molecule has 0 N–H and O–H groups in total. The molecule has 0 spiro atoms. The average Bonchev–Trinajstić information content (AvgIpc) is 3.78. The first-order valence-electron chi connectivity index (χ1n) is 17.6. The van der Waals surface area contributed by atoms with Gasteiger partial charge in [-0.2, -0.15) is 0 Å². The van der Waals surface area contributed by atoms with Crippen LogP contribution in [0.3, 0.4) is 0 Å². The zero-order valence-electron chi connectivity index (χ0n) is 28.0. The zero-order chi connectivity index (χ0) is 34.2. The third kappa shape index (κ3) is 4.67. The number of benzene rings is 7. The highest BCUT2D eigenvalue weighted by atomic mass is 16.3. The number of hydrogen-bond donors (Lipinski definition) is 0. The molecule has 5 heteroatoms. The van der Waals surface area contributed by atoms with Crippen molar-refractivity contribution >= 4 is 60.5 Å². The Morgan fingerprint density at radius 2 is 1.10 bits per heavy atom. The van der Waals surface area contributed by atoms with Gasteiger partial charge in [-0.15, -0.1) is 0 Å². The maximum absolute atomic E-state index is 6.21. The SMILES string of the molecule is C1=CC(c2nc(-c3ccc4ccccc4c3)nc(-c3ccc4ccc(-c5cccc6oc7ccccc7c56)cc4c3)n2)Cc2c1oc1ccccc21. The molecular weight excluding hydrogens is 639 g/mol. The molecular formula is C47H29N3O2. The van der Waals surface area contributed by atoms with Gasteiger partial charge in [0.1, 0.15) is 28.3 Å². The van der Waals surface area contributed by atoms with Gasteiger partial charge in [0.05, 0.1) is 0 Å². The molecule has 1 unspecified atom stereocenters. The van der Waals surface area contributed by atoms with E-state index in [0.29, 0.717) is 11.6 Å². The van der Waals surface area contributed by atoms with E-state index in [-0.39, 0.29) is 5.92 Å². The van der Waals surface area contributed by atoms with Gasteiger partial charge < -0.3 is 8.83 Å². The average molecular weight is 668 g/mol. The summed E-state index contributed by atoms with van der Waals surface area (Å²) in [6.45, 7) is 0. The number of nitrogens with zero attached hydrogens (tertiary/aromatic N) is 3. The fraction of sp³-hybridized carbons (Fsp3) is 0.0426. The van der Waals surface area contributed by atoms with Crippen molar-refractivity contribution in [2.45, 2.75) is 12.3 Å². The van der Waals surface area contributed by atoms with Gasteiger partial charge in [-0.1, -0.05) is 115 Å². The third-order valence-electron chi connectivity index (χ3n) is 10.4. The Morgan fingerprint density at radius 3 is 1.90 bits per heavy atom. The summed E-state index contributed by atoms with van der Waals surface area (Å²) in [4.78, 5) is 15.5. The minimum Gasteiger partial charge on any atom is -0.456 e. The van der Waals surface area contributed by atoms with Crippen molar-refractivity contribution in [3.8, 4) is 33.9 Å². The van der Waals surface area contributed by atoms with E-state index in [1.165, 1.54) is 10.9 Å². The Balaban J connectivity index is 1.05. The van der Waals surface area contributed by atoms with Gasteiger partial charge in [0.15, 0.2) is 11.6 Å². The summed E-state index contributed by atoms with van der Waals surface area (Å²) in [6.07, 6.45) is 4.99. The minimum absolute atomic E-state index is 0.0354. The third-order valence-corrected chi connectivity index (χ3v) is 10.4. The van der Waals surface area contributed by atoms with Gasteiger partial charge in [0, 0.05) is 38.8 Å². The molecule has 5 nitrogen and oxygen atoms in total. The molecule has 0 fully saturated rings. The molecule has 1 aliphatic carbocycles. The first kappa shape index (κ1) is 28.9. The fourth-order valence-corrected chi connectivity index (χ4v) is 7.85. The fourth-order valence-electron chi connectivity index (χ4n) is 7.85. The summed E-state index contributed by atoms with van der Waals surface area (Å²) in [5.74, 6) is 2.93. The molecule has 10 aromatic rings. The Kier molecular flexibility index (Phi) is 6.31. The van der Waals surface area contributed by atoms with E-state index in [9.17, 15) is 0 Å². The molecule has 244 valence electrons. The smallest absolute Gasteiger partial charge is 0.163 e. The van der Waals surface area contributed by atoms with Crippen LogP contribution in [0.5, 0.6) is 0 Å². The predicted molar refractivity (Wildman–Crippen MR) is 210 cm³/mol. The number of para-hydroxylation sites is 2. The second kappa shape index (κ2) is 11.3. The van der Waals surface area contributed by atoms with Crippen LogP contribution in [0.15, 0.2) is 161 Å². The van der Waals surface area contributed by atoms with Crippen LogP contribution in [0.4, 0.5) is 0 Å². The number of furan rings is 2. The van der Waals surface area contributed by atoms with Crippen molar-refractivity contribution in [1.82, 2.24) is 15.0 Å². The van der Waals surface area contributed by atoms with E-state index in [1.807, 2.05) is 30.3 Å². The van der Waals surface area contributed by atoms with Crippen molar-refractivity contribution in [3.63, 3.8) is 0 Å². The summed E-state index contributed by atoms with van der Waals surface area (Å²) >= 11 is 0. The molecule has 0 saturated carbocycles. The van der Waals surface area contributed by atoms with Crippen LogP contribution < -0.4 is 0 Å². The zero-order valence-corrected chi connectivity index (χ0v) is 28.0. The molecule has 0 amide bonds. The molecule has 1 aliphatic rings. The number of aromatic nitrogens is 3. The predicted octanol–water partition coefficient (Wildman–Crippen LogP) is 12.2. The largest absolute Gasteiger partial charge is 0.456 e. The van der Waals surface area contributed by atoms with Gasteiger partial charge in [-0.05, 0) is 81.6 Å². The lowest BCUT2D eigenvalue weighted by molar-refractivity contribution is 0.589. The topological polar surface area (TPSA) is 65.0 Å². The summed E-state index contributed by atoms with van der Waals surface area (Å²) in [7, 11) is 0. The van der Waals surface area contributed by atoms with E-state index < -0.39 is 0 Å². The Labute approximate surface area is 298 Å². The van der Waals surface area contributed by atoms with Crippen molar-refractivity contribution in [2.24, 2.45) is 0 Å². The lowest BCUT2D eigenvalue weighted by Crippen LogP contribution is -2.11. The molecule has 3 aromatic heterocycles. The first-order chi connectivity index (χ1) is 25.7. The minimum atomic E-state index is -0.0354. The Morgan fingerprint density at radius 1 is 0.481 bits per heavy atom. The summed E-state index contributed by atoms with van der Waals surface area (Å²) < 4.78 is 12.4. The molecule has 0 aliphatic heterocycles. The van der Waals surface area contributed by atoms with E-state index in [0.717, 1.165) is 89.3 Å². The van der Waals surface area contributed by atoms with Crippen LogP contribution >= 0.6 is 0 Å². The van der Waals surface area contributed by atoms with Crippen LogP contribution in [0, 0.1) is 0 Å².